The van der Waals surface area contributed by atoms with Gasteiger partial charge >= 0.3 is 5.97 Å². The van der Waals surface area contributed by atoms with Crippen LogP contribution in [-0.4, -0.2) is 17.7 Å². The third-order valence-corrected chi connectivity index (χ3v) is 4.25. The maximum Gasteiger partial charge on any atom is 0.306 e. The fourth-order valence-electron chi connectivity index (χ4n) is 1.92. The average Bonchev–Trinajstić information content (AvgIpc) is 2.97. The van der Waals surface area contributed by atoms with E-state index in [1.54, 1.807) is 30.3 Å². The Bertz CT molecular complexity index is 718. The molecule has 0 bridgehead atoms. The third-order valence-electron chi connectivity index (χ3n) is 3.21. The Morgan fingerprint density at radius 2 is 1.74 bits per heavy atom. The molecule has 6 heteroatoms. The van der Waals surface area contributed by atoms with Gasteiger partial charge in [0.1, 0.15) is 6.61 Å². The van der Waals surface area contributed by atoms with Gasteiger partial charge in [0, 0.05) is 16.9 Å². The normalized spacial score (nSPS) is 10.3. The molecule has 2 rings (SSSR count). The molecule has 0 unspecified atom stereocenters. The lowest BCUT2D eigenvalue weighted by Gasteiger charge is -2.05. The van der Waals surface area contributed by atoms with Crippen LogP contribution < -0.4 is 5.73 Å². The largest absolute Gasteiger partial charge is 0.461 e. The van der Waals surface area contributed by atoms with E-state index in [4.69, 9.17) is 10.5 Å². The van der Waals surface area contributed by atoms with E-state index >= 15 is 0 Å². The summed E-state index contributed by atoms with van der Waals surface area (Å²) in [5.74, 6) is -0.979. The number of hydrogen-bond acceptors (Lipinski definition) is 5. The lowest BCUT2D eigenvalue weighted by molar-refractivity contribution is -0.144. The highest BCUT2D eigenvalue weighted by molar-refractivity contribution is 7.14. The van der Waals surface area contributed by atoms with Crippen molar-refractivity contribution < 1.29 is 19.1 Å². The number of aryl methyl sites for hydroxylation is 1. The molecule has 0 aliphatic heterocycles. The van der Waals surface area contributed by atoms with Gasteiger partial charge in [-0.3, -0.25) is 14.4 Å². The zero-order valence-electron chi connectivity index (χ0n) is 12.7. The van der Waals surface area contributed by atoms with Gasteiger partial charge < -0.3 is 10.5 Å². The Balaban J connectivity index is 1.76. The van der Waals surface area contributed by atoms with Crippen LogP contribution in [0.2, 0.25) is 0 Å². The number of esters is 1. The summed E-state index contributed by atoms with van der Waals surface area (Å²) in [6.07, 6.45) is 0.189. The number of amides is 1. The summed E-state index contributed by atoms with van der Waals surface area (Å²) >= 11 is 1.42. The van der Waals surface area contributed by atoms with Crippen LogP contribution in [0.15, 0.2) is 36.4 Å². The standard InChI is InChI=1S/C17H17NO4S/c1-11-2-8-15(23-11)14(19)7-9-16(20)22-10-12-3-5-13(6-4-12)17(18)21/h2-6,8H,7,9-10H2,1H3,(H2,18,21). The molecule has 2 aromatic rings. The molecule has 5 nitrogen and oxygen atoms in total. The number of ketones is 1. The minimum atomic E-state index is -0.504. The van der Waals surface area contributed by atoms with Crippen LogP contribution in [0.5, 0.6) is 0 Å². The zero-order chi connectivity index (χ0) is 16.8. The SMILES string of the molecule is Cc1ccc(C(=O)CCC(=O)OCc2ccc(C(N)=O)cc2)s1. The molecule has 0 fully saturated rings. The maximum atomic E-state index is 11.9. The first-order valence-electron chi connectivity index (χ1n) is 7.09. The van der Waals surface area contributed by atoms with E-state index in [0.29, 0.717) is 10.4 Å². The van der Waals surface area contributed by atoms with E-state index in [9.17, 15) is 14.4 Å². The second-order valence-corrected chi connectivity index (χ2v) is 6.34. The van der Waals surface area contributed by atoms with Gasteiger partial charge in [-0.1, -0.05) is 12.1 Å². The van der Waals surface area contributed by atoms with Gasteiger partial charge in [-0.25, -0.2) is 0 Å². The van der Waals surface area contributed by atoms with Gasteiger partial charge in [-0.15, -0.1) is 11.3 Å². The molecule has 2 N–H and O–H groups in total. The molecule has 23 heavy (non-hydrogen) atoms. The van der Waals surface area contributed by atoms with Crippen LogP contribution in [0.25, 0.3) is 0 Å². The maximum absolute atomic E-state index is 11.9. The molecule has 0 radical (unpaired) electrons. The molecule has 0 spiro atoms. The van der Waals surface area contributed by atoms with Gasteiger partial charge in [0.2, 0.25) is 5.91 Å². The minimum Gasteiger partial charge on any atom is -0.461 e. The van der Waals surface area contributed by atoms with E-state index in [1.807, 2.05) is 13.0 Å². The monoisotopic (exact) mass is 331 g/mol. The number of Topliss-reactive ketones (excluding diaryl/α,β-unsaturated/α-hetero) is 1. The summed E-state index contributed by atoms with van der Waals surface area (Å²) in [6, 6.07) is 10.2. The highest BCUT2D eigenvalue weighted by atomic mass is 32.1. The van der Waals surface area contributed by atoms with Gasteiger partial charge in [-0.05, 0) is 36.8 Å². The minimum absolute atomic E-state index is 0.0501. The fraction of sp³-hybridized carbons (Fsp3) is 0.235. The molecule has 1 aromatic heterocycles. The highest BCUT2D eigenvalue weighted by Crippen LogP contribution is 2.17. The first-order chi connectivity index (χ1) is 11.0. The van der Waals surface area contributed by atoms with Gasteiger partial charge in [0.25, 0.3) is 0 Å². The summed E-state index contributed by atoms with van der Waals surface area (Å²) in [5, 5.41) is 0. The van der Waals surface area contributed by atoms with E-state index < -0.39 is 11.9 Å². The Morgan fingerprint density at radius 3 is 2.30 bits per heavy atom. The quantitative estimate of drug-likeness (QED) is 0.624. The number of rotatable bonds is 7. The van der Waals surface area contributed by atoms with E-state index in [2.05, 4.69) is 0 Å². The zero-order valence-corrected chi connectivity index (χ0v) is 13.5. The topological polar surface area (TPSA) is 86.5 Å². The Kier molecular flexibility index (Phi) is 5.65. The number of carbonyl (C=O) groups excluding carboxylic acids is 3. The molecule has 0 aliphatic carbocycles. The molecule has 0 saturated heterocycles. The van der Waals surface area contributed by atoms with E-state index in [0.717, 1.165) is 10.4 Å². The molecule has 1 amide bonds. The highest BCUT2D eigenvalue weighted by Gasteiger charge is 2.12. The van der Waals surface area contributed by atoms with Crippen molar-refractivity contribution in [2.75, 3.05) is 0 Å². The number of benzene rings is 1. The smallest absolute Gasteiger partial charge is 0.306 e. The van der Waals surface area contributed by atoms with Crippen molar-refractivity contribution in [1.29, 1.82) is 0 Å². The van der Waals surface area contributed by atoms with Crippen LogP contribution in [-0.2, 0) is 16.1 Å². The molecule has 0 atom stereocenters. The van der Waals surface area contributed by atoms with Crippen LogP contribution in [0.4, 0.5) is 0 Å². The van der Waals surface area contributed by atoms with Crippen LogP contribution in [0, 0.1) is 6.92 Å². The number of carbonyl (C=O) groups is 3. The van der Waals surface area contributed by atoms with Crippen LogP contribution in [0.1, 0.15) is 43.3 Å². The summed E-state index contributed by atoms with van der Waals surface area (Å²) in [7, 11) is 0. The molecule has 0 aliphatic rings. The summed E-state index contributed by atoms with van der Waals surface area (Å²) in [6.45, 7) is 2.03. The van der Waals surface area contributed by atoms with E-state index in [-0.39, 0.29) is 25.2 Å². The predicted molar refractivity (Wildman–Crippen MR) is 87.4 cm³/mol. The van der Waals surface area contributed by atoms with Crippen molar-refractivity contribution in [2.45, 2.75) is 26.4 Å². The molecule has 0 saturated carbocycles. The van der Waals surface area contributed by atoms with Crippen molar-refractivity contribution in [3.63, 3.8) is 0 Å². The lowest BCUT2D eigenvalue weighted by Crippen LogP contribution is -2.11. The van der Waals surface area contributed by atoms with Crippen LogP contribution in [0.3, 0.4) is 0 Å². The molecule has 120 valence electrons. The number of nitrogens with two attached hydrogens (primary N) is 1. The van der Waals surface area contributed by atoms with Gasteiger partial charge in [0.15, 0.2) is 5.78 Å². The summed E-state index contributed by atoms with van der Waals surface area (Å²) in [4.78, 5) is 36.3. The van der Waals surface area contributed by atoms with Crippen molar-refractivity contribution in [3.05, 3.63) is 57.3 Å². The molecular formula is C17H17NO4S. The number of primary amides is 1. The van der Waals surface area contributed by atoms with Gasteiger partial charge in [-0.2, -0.15) is 0 Å². The predicted octanol–water partition coefficient (Wildman–Crippen LogP) is 2.86. The fourth-order valence-corrected chi connectivity index (χ4v) is 2.76. The van der Waals surface area contributed by atoms with Gasteiger partial charge in [0.05, 0.1) is 11.3 Å². The van der Waals surface area contributed by atoms with Crippen LogP contribution >= 0.6 is 11.3 Å². The second-order valence-electron chi connectivity index (χ2n) is 5.06. The average molecular weight is 331 g/mol. The summed E-state index contributed by atoms with van der Waals surface area (Å²) in [5.41, 5.74) is 6.30. The number of thiophene rings is 1. The molecule has 1 heterocycles. The van der Waals surface area contributed by atoms with Crippen molar-refractivity contribution in [1.82, 2.24) is 0 Å². The number of ether oxygens (including phenoxy) is 1. The Labute approximate surface area is 138 Å². The Morgan fingerprint density at radius 1 is 1.04 bits per heavy atom. The summed E-state index contributed by atoms with van der Waals surface area (Å²) < 4.78 is 5.12. The molecular weight excluding hydrogens is 314 g/mol. The number of hydrogen-bond donors (Lipinski definition) is 1. The van der Waals surface area contributed by atoms with Crippen molar-refractivity contribution in [3.8, 4) is 0 Å². The molecule has 1 aromatic carbocycles. The first kappa shape index (κ1) is 16.9. The lowest BCUT2D eigenvalue weighted by atomic mass is 10.1. The first-order valence-corrected chi connectivity index (χ1v) is 7.91. The Hall–Kier alpha value is -2.47. The van der Waals surface area contributed by atoms with Crippen molar-refractivity contribution in [2.24, 2.45) is 5.73 Å². The second kappa shape index (κ2) is 7.69. The van der Waals surface area contributed by atoms with E-state index in [1.165, 1.54) is 11.3 Å². The van der Waals surface area contributed by atoms with Crippen molar-refractivity contribution >= 4 is 29.0 Å². The third kappa shape index (κ3) is 5.03.